The van der Waals surface area contributed by atoms with Gasteiger partial charge in [-0.1, -0.05) is 26.7 Å². The first-order valence-electron chi connectivity index (χ1n) is 9.36. The summed E-state index contributed by atoms with van der Waals surface area (Å²) in [5, 5.41) is 8.08. The van der Waals surface area contributed by atoms with Crippen molar-refractivity contribution in [2.45, 2.75) is 59.3 Å². The molecule has 1 aliphatic heterocycles. The summed E-state index contributed by atoms with van der Waals surface area (Å²) < 4.78 is 6.08. The maximum atomic E-state index is 13.1. The van der Waals surface area contributed by atoms with Gasteiger partial charge < -0.3 is 20.8 Å². The maximum Gasteiger partial charge on any atom is 0.289 e. The molecule has 0 saturated carbocycles. The number of carbonyl (C=O) groups is 1. The van der Waals surface area contributed by atoms with E-state index in [0.29, 0.717) is 5.76 Å². The Morgan fingerprint density at radius 2 is 1.77 bits per heavy atom. The van der Waals surface area contributed by atoms with Gasteiger partial charge in [0.15, 0.2) is 5.76 Å². The highest BCUT2D eigenvalue weighted by Gasteiger charge is 2.37. The van der Waals surface area contributed by atoms with Crippen LogP contribution in [0.15, 0.2) is 14.6 Å². The van der Waals surface area contributed by atoms with E-state index < -0.39 is 0 Å². The fraction of sp³-hybridized carbons (Fsp3) is 0.632. The Morgan fingerprint density at radius 1 is 1.12 bits per heavy atom. The minimum absolute atomic E-state index is 0.0159. The molecule has 0 bridgehead atoms. The Hall–Kier alpha value is -2.31. The zero-order valence-electron chi connectivity index (χ0n) is 16.0. The number of rotatable bonds is 2. The number of furan rings is 1. The van der Waals surface area contributed by atoms with Crippen LogP contribution in [0.5, 0.6) is 0 Å². The molecule has 2 aliphatic rings. The van der Waals surface area contributed by atoms with Crippen LogP contribution in [0.2, 0.25) is 0 Å². The highest BCUT2D eigenvalue weighted by atomic mass is 16.4. The third kappa shape index (κ3) is 3.76. The van der Waals surface area contributed by atoms with Crippen LogP contribution in [0.4, 0.5) is 0 Å². The first kappa shape index (κ1) is 18.5. The predicted octanol–water partition coefficient (Wildman–Crippen LogP) is 2.55. The van der Waals surface area contributed by atoms with Gasteiger partial charge in [-0.2, -0.15) is 5.10 Å². The van der Waals surface area contributed by atoms with E-state index in [2.05, 4.69) is 24.1 Å². The number of nitrogens with zero attached hydrogens (tertiary/aromatic N) is 3. The molecule has 0 aromatic carbocycles. The number of fused-ring (bicyclic) bond motifs is 1. The van der Waals surface area contributed by atoms with E-state index in [1.807, 2.05) is 11.8 Å². The van der Waals surface area contributed by atoms with Crippen LogP contribution in [-0.2, 0) is 6.42 Å². The zero-order chi connectivity index (χ0) is 18.9. The third-order valence-electron chi connectivity index (χ3n) is 5.17. The lowest BCUT2D eigenvalue weighted by molar-refractivity contribution is 0.0725. The van der Waals surface area contributed by atoms with Crippen LogP contribution in [0.1, 0.15) is 73.4 Å². The van der Waals surface area contributed by atoms with Crippen molar-refractivity contribution < 1.29 is 9.21 Å². The van der Waals surface area contributed by atoms with Gasteiger partial charge in [-0.3, -0.25) is 4.79 Å². The van der Waals surface area contributed by atoms with E-state index in [0.717, 1.165) is 61.4 Å². The fourth-order valence-corrected chi connectivity index (χ4v) is 3.94. The summed E-state index contributed by atoms with van der Waals surface area (Å²) in [6.45, 7) is 7.81. The second-order valence-electron chi connectivity index (χ2n) is 8.15. The molecule has 142 valence electrons. The van der Waals surface area contributed by atoms with Gasteiger partial charge >= 0.3 is 0 Å². The number of hydrogen-bond acceptors (Lipinski definition) is 4. The lowest BCUT2D eigenvalue weighted by Gasteiger charge is -2.29. The van der Waals surface area contributed by atoms with Gasteiger partial charge in [-0.25, -0.2) is 0 Å². The molecule has 0 unspecified atom stereocenters. The molecule has 1 aliphatic carbocycles. The van der Waals surface area contributed by atoms with Gasteiger partial charge in [0.25, 0.3) is 5.91 Å². The van der Waals surface area contributed by atoms with Crippen LogP contribution in [0, 0.1) is 12.3 Å². The van der Waals surface area contributed by atoms with Crippen LogP contribution in [0.3, 0.4) is 0 Å². The minimum atomic E-state index is -0.0792. The number of likely N-dealkylation sites (tertiary alicyclic amines) is 1. The van der Waals surface area contributed by atoms with Crippen molar-refractivity contribution in [2.24, 2.45) is 27.1 Å². The minimum Gasteiger partial charge on any atom is -0.455 e. The van der Waals surface area contributed by atoms with Crippen molar-refractivity contribution in [3.63, 3.8) is 0 Å². The maximum absolute atomic E-state index is 13.1. The zero-order valence-corrected chi connectivity index (χ0v) is 16.0. The molecule has 0 radical (unpaired) electrons. The number of guanidine groups is 1. The number of hydrogen-bond donors (Lipinski definition) is 2. The van der Waals surface area contributed by atoms with Crippen LogP contribution < -0.4 is 11.5 Å². The first-order valence-corrected chi connectivity index (χ1v) is 9.36. The summed E-state index contributed by atoms with van der Waals surface area (Å²) in [6.07, 6.45) is 5.96. The van der Waals surface area contributed by atoms with E-state index in [-0.39, 0.29) is 17.3 Å². The van der Waals surface area contributed by atoms with Crippen molar-refractivity contribution in [3.05, 3.63) is 22.6 Å². The molecule has 1 amide bonds. The van der Waals surface area contributed by atoms with E-state index in [4.69, 9.17) is 15.9 Å². The number of amides is 1. The van der Waals surface area contributed by atoms with Crippen molar-refractivity contribution >= 4 is 17.6 Å². The average Bonchev–Trinajstić information content (AvgIpc) is 2.76. The topological polar surface area (TPSA) is 110 Å². The Morgan fingerprint density at radius 3 is 2.38 bits per heavy atom. The summed E-state index contributed by atoms with van der Waals surface area (Å²) in [7, 11) is 0. The van der Waals surface area contributed by atoms with Gasteiger partial charge in [0.2, 0.25) is 5.96 Å². The molecular formula is C19H29N5O2. The molecule has 2 heterocycles. The Bertz CT molecular complexity index is 748. The van der Waals surface area contributed by atoms with Gasteiger partial charge in [-0.15, -0.1) is 5.10 Å². The second-order valence-corrected chi connectivity index (χ2v) is 8.15. The molecule has 0 spiro atoms. The fourth-order valence-electron chi connectivity index (χ4n) is 3.94. The lowest BCUT2D eigenvalue weighted by atomic mass is 9.75. The summed E-state index contributed by atoms with van der Waals surface area (Å²) >= 11 is 0. The molecule has 1 fully saturated rings. The molecule has 7 nitrogen and oxygen atoms in total. The summed E-state index contributed by atoms with van der Waals surface area (Å²) in [5.41, 5.74) is 13.4. The van der Waals surface area contributed by atoms with Crippen LogP contribution >= 0.6 is 0 Å². The Labute approximate surface area is 154 Å². The van der Waals surface area contributed by atoms with Gasteiger partial charge in [0.05, 0.1) is 5.71 Å². The van der Waals surface area contributed by atoms with E-state index in [9.17, 15) is 4.79 Å². The predicted molar refractivity (Wildman–Crippen MR) is 102 cm³/mol. The molecule has 1 aromatic heterocycles. The molecule has 26 heavy (non-hydrogen) atoms. The van der Waals surface area contributed by atoms with E-state index in [1.54, 1.807) is 0 Å². The van der Waals surface area contributed by atoms with Gasteiger partial charge in [0.1, 0.15) is 5.76 Å². The van der Waals surface area contributed by atoms with Crippen molar-refractivity contribution in [1.29, 1.82) is 0 Å². The first-order chi connectivity index (χ1) is 12.3. The normalized spacial score (nSPS) is 21.2. The standard InChI is InChI=1S/C19H29N5O2/c1-12-15-13(22-23-18(20)21)10-19(2,3)11-14(15)26-16(12)17(25)24-8-6-4-5-7-9-24/h4-11H2,1-3H3,(H4,20,21,23)/b22-13-. The molecule has 3 rings (SSSR count). The summed E-state index contributed by atoms with van der Waals surface area (Å²) in [5.74, 6) is 1.15. The third-order valence-corrected chi connectivity index (χ3v) is 5.17. The van der Waals surface area contributed by atoms with Gasteiger partial charge in [0, 0.05) is 30.6 Å². The number of carbonyl (C=O) groups excluding carboxylic acids is 1. The molecule has 1 aromatic rings. The van der Waals surface area contributed by atoms with Crippen LogP contribution in [0.25, 0.3) is 0 Å². The average molecular weight is 359 g/mol. The quantitative estimate of drug-likeness (QED) is 0.480. The number of nitrogens with two attached hydrogens (primary N) is 2. The summed E-state index contributed by atoms with van der Waals surface area (Å²) in [6, 6.07) is 0. The van der Waals surface area contributed by atoms with Gasteiger partial charge in [-0.05, 0) is 31.6 Å². The van der Waals surface area contributed by atoms with Crippen molar-refractivity contribution in [3.8, 4) is 0 Å². The van der Waals surface area contributed by atoms with Crippen molar-refractivity contribution in [1.82, 2.24) is 4.90 Å². The highest BCUT2D eigenvalue weighted by molar-refractivity contribution is 6.07. The molecule has 0 atom stereocenters. The lowest BCUT2D eigenvalue weighted by Crippen LogP contribution is -2.32. The van der Waals surface area contributed by atoms with E-state index in [1.165, 1.54) is 12.8 Å². The largest absolute Gasteiger partial charge is 0.455 e. The molecule has 7 heteroatoms. The molecular weight excluding hydrogens is 330 g/mol. The summed E-state index contributed by atoms with van der Waals surface area (Å²) in [4.78, 5) is 15.0. The van der Waals surface area contributed by atoms with E-state index >= 15 is 0 Å². The smallest absolute Gasteiger partial charge is 0.289 e. The SMILES string of the molecule is Cc1c(C(=O)N2CCCCCC2)oc2c1/C(=N\N=C(N)N)CC(C)(C)C2. The second kappa shape index (κ2) is 7.13. The monoisotopic (exact) mass is 359 g/mol. The van der Waals surface area contributed by atoms with Crippen LogP contribution in [-0.4, -0.2) is 35.6 Å². The Kier molecular flexibility index (Phi) is 5.07. The highest BCUT2D eigenvalue weighted by Crippen LogP contribution is 2.39. The Balaban J connectivity index is 2.00. The van der Waals surface area contributed by atoms with Crippen molar-refractivity contribution in [2.75, 3.05) is 13.1 Å². The molecule has 1 saturated heterocycles. The molecule has 4 N–H and O–H groups in total.